The third-order valence-corrected chi connectivity index (χ3v) is 3.97. The summed E-state index contributed by atoms with van der Waals surface area (Å²) in [5.41, 5.74) is 0.778. The Hall–Kier alpha value is 0. The Labute approximate surface area is 70.4 Å². The van der Waals surface area contributed by atoms with Crippen molar-refractivity contribution in [3.05, 3.63) is 0 Å². The van der Waals surface area contributed by atoms with E-state index in [4.69, 9.17) is 0 Å². The SMILES string of the molecule is CCC1CC1C1(C)CC(C)C1. The lowest BCUT2D eigenvalue weighted by atomic mass is 9.61. The molecule has 0 heterocycles. The predicted molar refractivity (Wildman–Crippen MR) is 48.4 cm³/mol. The second-order valence-corrected chi connectivity index (χ2v) is 5.18. The van der Waals surface area contributed by atoms with Gasteiger partial charge in [-0.2, -0.15) is 0 Å². The van der Waals surface area contributed by atoms with Crippen molar-refractivity contribution < 1.29 is 0 Å². The first kappa shape index (κ1) is 7.64. The molecule has 0 radical (unpaired) electrons. The fourth-order valence-corrected chi connectivity index (χ4v) is 3.39. The molecule has 2 aliphatic rings. The Kier molecular flexibility index (Phi) is 1.56. The van der Waals surface area contributed by atoms with E-state index in [2.05, 4.69) is 20.8 Å². The zero-order valence-corrected chi connectivity index (χ0v) is 8.06. The molecule has 0 aliphatic heterocycles. The summed E-state index contributed by atoms with van der Waals surface area (Å²) in [6, 6.07) is 0. The third-order valence-electron chi connectivity index (χ3n) is 3.97. The molecule has 64 valence electrons. The summed E-state index contributed by atoms with van der Waals surface area (Å²) in [5, 5.41) is 0. The first-order valence-corrected chi connectivity index (χ1v) is 5.15. The van der Waals surface area contributed by atoms with Crippen LogP contribution < -0.4 is 0 Å². The van der Waals surface area contributed by atoms with Gasteiger partial charge in [0.15, 0.2) is 0 Å². The van der Waals surface area contributed by atoms with Crippen molar-refractivity contribution in [3.63, 3.8) is 0 Å². The van der Waals surface area contributed by atoms with Crippen LogP contribution in [0.5, 0.6) is 0 Å². The van der Waals surface area contributed by atoms with Crippen LogP contribution in [0.4, 0.5) is 0 Å². The minimum absolute atomic E-state index is 0.778. The highest BCUT2D eigenvalue weighted by Gasteiger charge is 2.53. The quantitative estimate of drug-likeness (QED) is 0.568. The molecule has 0 spiro atoms. The second-order valence-electron chi connectivity index (χ2n) is 5.18. The maximum absolute atomic E-state index is 2.51. The molecule has 2 unspecified atom stereocenters. The summed E-state index contributed by atoms with van der Waals surface area (Å²) in [6.45, 7) is 7.24. The largest absolute Gasteiger partial charge is 0.0651 e. The molecular weight excluding hydrogens is 132 g/mol. The van der Waals surface area contributed by atoms with Crippen molar-refractivity contribution in [2.24, 2.45) is 23.2 Å². The monoisotopic (exact) mass is 152 g/mol. The molecule has 2 aliphatic carbocycles. The molecule has 0 saturated heterocycles. The van der Waals surface area contributed by atoms with Gasteiger partial charge in [-0.15, -0.1) is 0 Å². The summed E-state index contributed by atoms with van der Waals surface area (Å²) < 4.78 is 0. The molecule has 0 N–H and O–H groups in total. The number of hydrogen-bond donors (Lipinski definition) is 0. The third kappa shape index (κ3) is 1.11. The predicted octanol–water partition coefficient (Wildman–Crippen LogP) is 3.47. The molecule has 0 heteroatoms. The van der Waals surface area contributed by atoms with Crippen molar-refractivity contribution in [1.82, 2.24) is 0 Å². The Morgan fingerprint density at radius 3 is 2.36 bits per heavy atom. The topological polar surface area (TPSA) is 0 Å². The van der Waals surface area contributed by atoms with Crippen LogP contribution in [-0.4, -0.2) is 0 Å². The van der Waals surface area contributed by atoms with Gasteiger partial charge in [0, 0.05) is 0 Å². The lowest BCUT2D eigenvalue weighted by Crippen LogP contribution is -2.35. The van der Waals surface area contributed by atoms with Gasteiger partial charge >= 0.3 is 0 Å². The molecule has 0 aromatic carbocycles. The first-order chi connectivity index (χ1) is 5.15. The van der Waals surface area contributed by atoms with E-state index in [9.17, 15) is 0 Å². The molecule has 2 saturated carbocycles. The zero-order chi connectivity index (χ0) is 8.06. The maximum atomic E-state index is 2.51. The average Bonchev–Trinajstić information content (AvgIpc) is 2.62. The molecule has 0 amide bonds. The minimum Gasteiger partial charge on any atom is -0.0651 e. The van der Waals surface area contributed by atoms with E-state index < -0.39 is 0 Å². The normalized spacial score (nSPS) is 55.4. The smallest absolute Gasteiger partial charge is 0.0290 e. The summed E-state index contributed by atoms with van der Waals surface area (Å²) >= 11 is 0. The van der Waals surface area contributed by atoms with Crippen LogP contribution in [0.2, 0.25) is 0 Å². The van der Waals surface area contributed by atoms with Crippen LogP contribution in [0.25, 0.3) is 0 Å². The van der Waals surface area contributed by atoms with Gasteiger partial charge in [0.2, 0.25) is 0 Å². The molecule has 0 bridgehead atoms. The fraction of sp³-hybridized carbons (Fsp3) is 1.00. The van der Waals surface area contributed by atoms with Gasteiger partial charge in [0.25, 0.3) is 0 Å². The Bertz CT molecular complexity index is 153. The molecular formula is C11H20. The van der Waals surface area contributed by atoms with Gasteiger partial charge in [0.1, 0.15) is 0 Å². The van der Waals surface area contributed by atoms with Gasteiger partial charge in [-0.1, -0.05) is 27.2 Å². The molecule has 2 fully saturated rings. The van der Waals surface area contributed by atoms with Crippen LogP contribution in [0.3, 0.4) is 0 Å². The average molecular weight is 152 g/mol. The molecule has 2 rings (SSSR count). The van der Waals surface area contributed by atoms with Crippen LogP contribution >= 0.6 is 0 Å². The Morgan fingerprint density at radius 2 is 2.00 bits per heavy atom. The van der Waals surface area contributed by atoms with E-state index in [1.807, 2.05) is 0 Å². The fourth-order valence-electron chi connectivity index (χ4n) is 3.39. The summed E-state index contributed by atoms with van der Waals surface area (Å²) in [6.07, 6.45) is 5.98. The van der Waals surface area contributed by atoms with Crippen molar-refractivity contribution in [1.29, 1.82) is 0 Å². The van der Waals surface area contributed by atoms with Crippen LogP contribution in [0, 0.1) is 23.2 Å². The van der Waals surface area contributed by atoms with Crippen molar-refractivity contribution in [2.75, 3.05) is 0 Å². The van der Waals surface area contributed by atoms with Gasteiger partial charge < -0.3 is 0 Å². The molecule has 0 aromatic heterocycles. The molecule has 2 atom stereocenters. The van der Waals surface area contributed by atoms with E-state index in [0.29, 0.717) is 0 Å². The lowest BCUT2D eigenvalue weighted by molar-refractivity contribution is 0.0554. The molecule has 0 aromatic rings. The number of rotatable bonds is 2. The Morgan fingerprint density at radius 1 is 1.36 bits per heavy atom. The van der Waals surface area contributed by atoms with Crippen LogP contribution in [0.1, 0.15) is 46.5 Å². The van der Waals surface area contributed by atoms with Crippen molar-refractivity contribution in [3.8, 4) is 0 Å². The first-order valence-electron chi connectivity index (χ1n) is 5.15. The van der Waals surface area contributed by atoms with E-state index in [1.54, 1.807) is 6.42 Å². The van der Waals surface area contributed by atoms with Gasteiger partial charge in [-0.3, -0.25) is 0 Å². The lowest BCUT2D eigenvalue weighted by Gasteiger charge is -2.45. The minimum atomic E-state index is 0.778. The van der Waals surface area contributed by atoms with E-state index in [0.717, 1.165) is 23.2 Å². The van der Waals surface area contributed by atoms with E-state index in [1.165, 1.54) is 19.3 Å². The standard InChI is InChI=1S/C11H20/c1-4-9-5-10(9)11(3)6-8(2)7-11/h8-10H,4-7H2,1-3H3. The van der Waals surface area contributed by atoms with Crippen molar-refractivity contribution in [2.45, 2.75) is 46.5 Å². The van der Waals surface area contributed by atoms with Crippen LogP contribution in [-0.2, 0) is 0 Å². The van der Waals surface area contributed by atoms with Gasteiger partial charge in [-0.25, -0.2) is 0 Å². The highest BCUT2D eigenvalue weighted by molar-refractivity contribution is 5.03. The zero-order valence-electron chi connectivity index (χ0n) is 8.06. The summed E-state index contributed by atoms with van der Waals surface area (Å²) in [7, 11) is 0. The van der Waals surface area contributed by atoms with Crippen LogP contribution in [0.15, 0.2) is 0 Å². The number of hydrogen-bond acceptors (Lipinski definition) is 0. The van der Waals surface area contributed by atoms with E-state index in [-0.39, 0.29) is 0 Å². The molecule has 11 heavy (non-hydrogen) atoms. The maximum Gasteiger partial charge on any atom is -0.0290 e. The van der Waals surface area contributed by atoms with Crippen molar-refractivity contribution >= 4 is 0 Å². The summed E-state index contributed by atoms with van der Waals surface area (Å²) in [4.78, 5) is 0. The summed E-state index contributed by atoms with van der Waals surface area (Å²) in [5.74, 6) is 3.24. The Balaban J connectivity index is 1.88. The highest BCUT2D eigenvalue weighted by Crippen LogP contribution is 2.62. The highest BCUT2D eigenvalue weighted by atomic mass is 14.6. The molecule has 0 nitrogen and oxygen atoms in total. The van der Waals surface area contributed by atoms with E-state index >= 15 is 0 Å². The van der Waals surface area contributed by atoms with Gasteiger partial charge in [0.05, 0.1) is 0 Å². The second kappa shape index (κ2) is 2.24. The van der Waals surface area contributed by atoms with Gasteiger partial charge in [-0.05, 0) is 42.4 Å².